The summed E-state index contributed by atoms with van der Waals surface area (Å²) in [6, 6.07) is 6.60. The Hall–Kier alpha value is -1.84. The van der Waals surface area contributed by atoms with Crippen molar-refractivity contribution in [3.8, 4) is 0 Å². The number of oxime groups is 1. The molecular weight excluding hydrogens is 170 g/mol. The molecule has 1 N–H and O–H groups in total. The standard InChI is InChI=1S/C9H9NO3/c1-13-9(11)8-4-2-3-7(5-8)6-10-12/h2-6,12H,1H3/b10-6-. The molecule has 13 heavy (non-hydrogen) atoms. The maximum Gasteiger partial charge on any atom is 0.337 e. The van der Waals surface area contributed by atoms with Gasteiger partial charge >= 0.3 is 5.97 Å². The van der Waals surface area contributed by atoms with Gasteiger partial charge in [-0.2, -0.15) is 0 Å². The van der Waals surface area contributed by atoms with E-state index in [9.17, 15) is 4.79 Å². The number of carbonyl (C=O) groups excluding carboxylic acids is 1. The first-order chi connectivity index (χ1) is 6.27. The number of methoxy groups -OCH3 is 1. The van der Waals surface area contributed by atoms with Gasteiger partial charge in [-0.25, -0.2) is 4.79 Å². The summed E-state index contributed by atoms with van der Waals surface area (Å²) in [7, 11) is 1.31. The number of nitrogens with zero attached hydrogens (tertiary/aromatic N) is 1. The van der Waals surface area contributed by atoms with Crippen molar-refractivity contribution >= 4 is 12.2 Å². The first kappa shape index (κ1) is 9.25. The third-order valence-corrected chi connectivity index (χ3v) is 1.51. The number of esters is 1. The largest absolute Gasteiger partial charge is 0.465 e. The van der Waals surface area contributed by atoms with Crippen LogP contribution in [0, 0.1) is 0 Å². The van der Waals surface area contributed by atoms with Crippen molar-refractivity contribution in [1.82, 2.24) is 0 Å². The van der Waals surface area contributed by atoms with E-state index in [0.29, 0.717) is 11.1 Å². The van der Waals surface area contributed by atoms with Crippen molar-refractivity contribution < 1.29 is 14.7 Å². The van der Waals surface area contributed by atoms with Crippen molar-refractivity contribution in [1.29, 1.82) is 0 Å². The summed E-state index contributed by atoms with van der Waals surface area (Å²) in [5.41, 5.74) is 1.07. The zero-order valence-corrected chi connectivity index (χ0v) is 7.10. The molecule has 0 fully saturated rings. The SMILES string of the molecule is COC(=O)c1cccc(/C=N\O)c1. The minimum atomic E-state index is -0.409. The Bertz CT molecular complexity index is 333. The maximum absolute atomic E-state index is 11.0. The van der Waals surface area contributed by atoms with E-state index in [1.165, 1.54) is 13.3 Å². The average Bonchev–Trinajstić information content (AvgIpc) is 2.18. The van der Waals surface area contributed by atoms with E-state index in [-0.39, 0.29) is 0 Å². The van der Waals surface area contributed by atoms with Crippen LogP contribution < -0.4 is 0 Å². The molecular formula is C9H9NO3. The molecule has 1 aromatic carbocycles. The topological polar surface area (TPSA) is 58.9 Å². The van der Waals surface area contributed by atoms with Gasteiger partial charge in [0.2, 0.25) is 0 Å². The summed E-state index contributed by atoms with van der Waals surface area (Å²) >= 11 is 0. The molecule has 0 heterocycles. The highest BCUT2D eigenvalue weighted by atomic mass is 16.5. The summed E-state index contributed by atoms with van der Waals surface area (Å²) in [5.74, 6) is -0.409. The fraction of sp³-hybridized carbons (Fsp3) is 0.111. The molecule has 0 unspecified atom stereocenters. The highest BCUT2D eigenvalue weighted by molar-refractivity contribution is 5.92. The second-order valence-corrected chi connectivity index (χ2v) is 2.36. The van der Waals surface area contributed by atoms with E-state index in [0.717, 1.165) is 0 Å². The van der Waals surface area contributed by atoms with Gasteiger partial charge in [0, 0.05) is 0 Å². The van der Waals surface area contributed by atoms with Crippen molar-refractivity contribution in [2.24, 2.45) is 5.16 Å². The van der Waals surface area contributed by atoms with Gasteiger partial charge in [0.1, 0.15) is 0 Å². The molecule has 68 valence electrons. The summed E-state index contributed by atoms with van der Waals surface area (Å²) in [5, 5.41) is 11.1. The second kappa shape index (κ2) is 4.25. The Balaban J connectivity index is 2.98. The van der Waals surface area contributed by atoms with Crippen LogP contribution in [-0.4, -0.2) is 24.5 Å². The van der Waals surface area contributed by atoms with Crippen molar-refractivity contribution in [3.05, 3.63) is 35.4 Å². The third-order valence-electron chi connectivity index (χ3n) is 1.51. The molecule has 1 rings (SSSR count). The number of carbonyl (C=O) groups is 1. The van der Waals surface area contributed by atoms with Crippen LogP contribution in [0.4, 0.5) is 0 Å². The fourth-order valence-corrected chi connectivity index (χ4v) is 0.930. The van der Waals surface area contributed by atoms with Gasteiger partial charge < -0.3 is 9.94 Å². The van der Waals surface area contributed by atoms with E-state index < -0.39 is 5.97 Å². The van der Waals surface area contributed by atoms with E-state index in [1.54, 1.807) is 24.3 Å². The maximum atomic E-state index is 11.0. The molecule has 4 nitrogen and oxygen atoms in total. The lowest BCUT2D eigenvalue weighted by Gasteiger charge is -1.98. The molecule has 0 bridgehead atoms. The molecule has 0 aliphatic carbocycles. The van der Waals surface area contributed by atoms with Gasteiger partial charge in [0.05, 0.1) is 18.9 Å². The molecule has 0 saturated carbocycles. The highest BCUT2D eigenvalue weighted by Gasteiger charge is 2.03. The van der Waals surface area contributed by atoms with Crippen LogP contribution in [0.15, 0.2) is 29.4 Å². The van der Waals surface area contributed by atoms with Crippen molar-refractivity contribution in [2.45, 2.75) is 0 Å². The first-order valence-electron chi connectivity index (χ1n) is 3.63. The quantitative estimate of drug-likeness (QED) is 0.322. The number of hydrogen-bond donors (Lipinski definition) is 1. The van der Waals surface area contributed by atoms with E-state index >= 15 is 0 Å². The van der Waals surface area contributed by atoms with Gasteiger partial charge in [-0.05, 0) is 17.7 Å². The highest BCUT2D eigenvalue weighted by Crippen LogP contribution is 2.04. The first-order valence-corrected chi connectivity index (χ1v) is 3.63. The molecule has 0 aliphatic rings. The average molecular weight is 179 g/mol. The lowest BCUT2D eigenvalue weighted by Crippen LogP contribution is -2.01. The molecule has 1 aromatic rings. The lowest BCUT2D eigenvalue weighted by atomic mass is 10.1. The Morgan fingerprint density at radius 2 is 2.38 bits per heavy atom. The molecule has 0 aromatic heterocycles. The minimum absolute atomic E-state index is 0.409. The Kier molecular flexibility index (Phi) is 3.03. The molecule has 0 amide bonds. The molecule has 4 heteroatoms. The molecule has 0 spiro atoms. The zero-order valence-electron chi connectivity index (χ0n) is 7.10. The van der Waals surface area contributed by atoms with Gasteiger partial charge in [-0.3, -0.25) is 0 Å². The molecule has 0 saturated heterocycles. The minimum Gasteiger partial charge on any atom is -0.465 e. The monoisotopic (exact) mass is 179 g/mol. The summed E-state index contributed by atoms with van der Waals surface area (Å²) < 4.78 is 4.52. The number of ether oxygens (including phenoxy) is 1. The Morgan fingerprint density at radius 1 is 1.62 bits per heavy atom. The van der Waals surface area contributed by atoms with Crippen molar-refractivity contribution in [2.75, 3.05) is 7.11 Å². The normalized spacial score (nSPS) is 10.2. The van der Waals surface area contributed by atoms with Gasteiger partial charge in [0.15, 0.2) is 0 Å². The summed E-state index contributed by atoms with van der Waals surface area (Å²) in [4.78, 5) is 11.0. The van der Waals surface area contributed by atoms with Crippen LogP contribution in [0.1, 0.15) is 15.9 Å². The van der Waals surface area contributed by atoms with Crippen LogP contribution >= 0.6 is 0 Å². The van der Waals surface area contributed by atoms with Gasteiger partial charge in [-0.15, -0.1) is 0 Å². The third kappa shape index (κ3) is 2.30. The lowest BCUT2D eigenvalue weighted by molar-refractivity contribution is 0.0600. The van der Waals surface area contributed by atoms with E-state index in [4.69, 9.17) is 5.21 Å². The van der Waals surface area contributed by atoms with Crippen LogP contribution in [0.3, 0.4) is 0 Å². The summed E-state index contributed by atoms with van der Waals surface area (Å²) in [6.45, 7) is 0. The van der Waals surface area contributed by atoms with Crippen LogP contribution in [-0.2, 0) is 4.74 Å². The number of benzene rings is 1. The van der Waals surface area contributed by atoms with Crippen LogP contribution in [0.25, 0.3) is 0 Å². The zero-order chi connectivity index (χ0) is 9.68. The smallest absolute Gasteiger partial charge is 0.337 e. The molecule has 0 radical (unpaired) electrons. The predicted octanol–water partition coefficient (Wildman–Crippen LogP) is 1.28. The van der Waals surface area contributed by atoms with Crippen molar-refractivity contribution in [3.63, 3.8) is 0 Å². The number of rotatable bonds is 2. The van der Waals surface area contributed by atoms with E-state index in [2.05, 4.69) is 9.89 Å². The van der Waals surface area contributed by atoms with Gasteiger partial charge in [-0.1, -0.05) is 17.3 Å². The molecule has 0 atom stereocenters. The Morgan fingerprint density at radius 3 is 3.00 bits per heavy atom. The van der Waals surface area contributed by atoms with Crippen LogP contribution in [0.2, 0.25) is 0 Å². The number of hydrogen-bond acceptors (Lipinski definition) is 4. The summed E-state index contributed by atoms with van der Waals surface area (Å²) in [6.07, 6.45) is 1.24. The molecule has 0 aliphatic heterocycles. The predicted molar refractivity (Wildman–Crippen MR) is 47.2 cm³/mol. The second-order valence-electron chi connectivity index (χ2n) is 2.36. The van der Waals surface area contributed by atoms with Gasteiger partial charge in [0.25, 0.3) is 0 Å². The van der Waals surface area contributed by atoms with Crippen LogP contribution in [0.5, 0.6) is 0 Å². The fourth-order valence-electron chi connectivity index (χ4n) is 0.930. The van der Waals surface area contributed by atoms with E-state index in [1.807, 2.05) is 0 Å². The Labute approximate surface area is 75.4 Å².